The number of methoxy groups -OCH3 is 1. The van der Waals surface area contributed by atoms with E-state index in [1.54, 1.807) is 24.3 Å². The second kappa shape index (κ2) is 7.21. The maximum Gasteiger partial charge on any atom is 0.519 e. The first-order valence-corrected chi connectivity index (χ1v) is 8.17. The second-order valence-electron chi connectivity index (χ2n) is 7.07. The van der Waals surface area contributed by atoms with Crippen LogP contribution in [0.25, 0.3) is 0 Å². The zero-order valence-electron chi connectivity index (χ0n) is 14.8. The number of hydrogen-bond donors (Lipinski definition) is 0. The predicted octanol–water partition coefficient (Wildman–Crippen LogP) is 3.36. The number of nitrogens with zero attached hydrogens (tertiary/aromatic N) is 1. The fourth-order valence-corrected chi connectivity index (χ4v) is 2.67. The van der Waals surface area contributed by atoms with E-state index in [4.69, 9.17) is 9.47 Å². The monoisotopic (exact) mass is 336 g/mol. The lowest BCUT2D eigenvalue weighted by atomic mass is 10.2. The van der Waals surface area contributed by atoms with Gasteiger partial charge in [0.2, 0.25) is 6.73 Å². The molecule has 24 heavy (non-hydrogen) atoms. The van der Waals surface area contributed by atoms with Gasteiger partial charge < -0.3 is 14.2 Å². The summed E-state index contributed by atoms with van der Waals surface area (Å²) in [5.41, 5.74) is -0.0605. The molecule has 0 spiro atoms. The summed E-state index contributed by atoms with van der Waals surface area (Å²) in [4.78, 5) is 24.0. The van der Waals surface area contributed by atoms with Gasteiger partial charge in [0.1, 0.15) is 11.4 Å². The summed E-state index contributed by atoms with van der Waals surface area (Å²) in [6.07, 6.45) is 1.71. The Kier molecular flexibility index (Phi) is 5.49. The Morgan fingerprint density at radius 2 is 1.67 bits per heavy atom. The number of likely N-dealkylation sites (tertiary alicyclic amines) is 1. The van der Waals surface area contributed by atoms with Crippen molar-refractivity contribution in [2.75, 3.05) is 26.9 Å². The number of carbonyl (C=O) groups is 2. The van der Waals surface area contributed by atoms with Crippen molar-refractivity contribution >= 4 is 12.1 Å². The van der Waals surface area contributed by atoms with Gasteiger partial charge in [0.05, 0.1) is 25.8 Å². The molecule has 1 aliphatic heterocycles. The Labute approximate surface area is 142 Å². The zero-order chi connectivity index (χ0) is 17.8. The second-order valence-corrected chi connectivity index (χ2v) is 7.07. The maximum absolute atomic E-state index is 12.6. The molecule has 1 amide bonds. The first-order valence-electron chi connectivity index (χ1n) is 8.17. The number of rotatable bonds is 4. The summed E-state index contributed by atoms with van der Waals surface area (Å²) in [7, 11) is 1.34. The van der Waals surface area contributed by atoms with Crippen LogP contribution in [0.5, 0.6) is 5.75 Å². The van der Waals surface area contributed by atoms with Crippen molar-refractivity contribution in [3.8, 4) is 5.75 Å². The molecule has 1 aromatic carbocycles. The zero-order valence-corrected chi connectivity index (χ0v) is 14.8. The van der Waals surface area contributed by atoms with Gasteiger partial charge in [0, 0.05) is 12.8 Å². The van der Waals surface area contributed by atoms with Crippen LogP contribution in [-0.4, -0.2) is 49.1 Å². The Balaban J connectivity index is 2.04. The number of esters is 1. The van der Waals surface area contributed by atoms with Crippen molar-refractivity contribution in [1.29, 1.82) is 0 Å². The van der Waals surface area contributed by atoms with Gasteiger partial charge in [-0.2, -0.15) is 9.28 Å². The van der Waals surface area contributed by atoms with Gasteiger partial charge in [-0.15, -0.1) is 0 Å². The number of amides is 1. The smallest absolute Gasteiger partial charge is 0.465 e. The van der Waals surface area contributed by atoms with Crippen molar-refractivity contribution < 1.29 is 28.3 Å². The largest absolute Gasteiger partial charge is 0.519 e. The van der Waals surface area contributed by atoms with Crippen LogP contribution in [0.2, 0.25) is 0 Å². The van der Waals surface area contributed by atoms with Crippen LogP contribution in [0.15, 0.2) is 24.3 Å². The molecule has 1 fully saturated rings. The summed E-state index contributed by atoms with van der Waals surface area (Å²) in [5, 5.41) is 0. The summed E-state index contributed by atoms with van der Waals surface area (Å²) < 4.78 is 16.2. The molecule has 132 valence electrons. The minimum atomic E-state index is -0.521. The van der Waals surface area contributed by atoms with Crippen molar-refractivity contribution in [3.63, 3.8) is 0 Å². The van der Waals surface area contributed by atoms with Crippen LogP contribution in [0.3, 0.4) is 0 Å². The third kappa shape index (κ3) is 4.47. The molecule has 6 nitrogen and oxygen atoms in total. The fraction of sp³-hybridized carbons (Fsp3) is 0.556. The molecule has 6 heteroatoms. The molecule has 0 bridgehead atoms. The van der Waals surface area contributed by atoms with Crippen LogP contribution in [0.4, 0.5) is 4.79 Å². The highest BCUT2D eigenvalue weighted by Crippen LogP contribution is 2.25. The van der Waals surface area contributed by atoms with Crippen molar-refractivity contribution in [3.05, 3.63) is 29.8 Å². The molecule has 0 unspecified atom stereocenters. The lowest BCUT2D eigenvalue weighted by Crippen LogP contribution is -2.54. The van der Waals surface area contributed by atoms with E-state index in [1.807, 2.05) is 20.8 Å². The molecule has 2 rings (SSSR count). The van der Waals surface area contributed by atoms with E-state index in [-0.39, 0.29) is 17.3 Å². The number of quaternary nitrogens is 1. The topological polar surface area (TPSA) is 61.8 Å². The Morgan fingerprint density at radius 1 is 1.08 bits per heavy atom. The third-order valence-electron chi connectivity index (χ3n) is 3.96. The number of carbonyl (C=O) groups excluding carboxylic acids is 2. The average molecular weight is 336 g/mol. The first kappa shape index (κ1) is 18.3. The van der Waals surface area contributed by atoms with E-state index in [0.29, 0.717) is 11.3 Å². The van der Waals surface area contributed by atoms with Gasteiger partial charge in [-0.1, -0.05) is 0 Å². The van der Waals surface area contributed by atoms with E-state index in [0.717, 1.165) is 25.9 Å². The average Bonchev–Trinajstić information content (AvgIpc) is 3.01. The summed E-state index contributed by atoms with van der Waals surface area (Å²) in [6.45, 7) is 7.26. The van der Waals surface area contributed by atoms with Crippen molar-refractivity contribution in [2.24, 2.45) is 0 Å². The Morgan fingerprint density at radius 3 is 2.17 bits per heavy atom. The van der Waals surface area contributed by atoms with Gasteiger partial charge in [-0.3, -0.25) is 0 Å². The van der Waals surface area contributed by atoms with Crippen LogP contribution >= 0.6 is 0 Å². The summed E-state index contributed by atoms with van der Waals surface area (Å²) in [5.74, 6) is 0.217. The van der Waals surface area contributed by atoms with E-state index in [2.05, 4.69) is 4.74 Å². The van der Waals surface area contributed by atoms with Gasteiger partial charge in [0.25, 0.3) is 0 Å². The minimum Gasteiger partial charge on any atom is -0.465 e. The maximum atomic E-state index is 12.6. The number of ether oxygens (including phenoxy) is 3. The number of hydrogen-bond acceptors (Lipinski definition) is 5. The highest BCUT2D eigenvalue weighted by Gasteiger charge is 2.44. The number of benzene rings is 1. The molecule has 0 radical (unpaired) electrons. The minimum absolute atomic E-state index is 0.177. The predicted molar refractivity (Wildman–Crippen MR) is 88.7 cm³/mol. The lowest BCUT2D eigenvalue weighted by molar-refractivity contribution is -0.862. The van der Waals surface area contributed by atoms with Gasteiger partial charge in [-0.25, -0.2) is 4.79 Å². The molecular weight excluding hydrogens is 310 g/mol. The van der Waals surface area contributed by atoms with Crippen LogP contribution in [-0.2, 0) is 9.47 Å². The summed E-state index contributed by atoms with van der Waals surface area (Å²) in [6, 6.07) is 6.69. The van der Waals surface area contributed by atoms with E-state index >= 15 is 0 Å². The normalized spacial score (nSPS) is 16.5. The SMILES string of the molecule is COC(=O)c1ccc(OC[N+]2(C(=O)OC(C)(C)C)CCCC2)cc1. The molecule has 0 aliphatic carbocycles. The molecule has 1 heterocycles. The molecule has 0 aromatic heterocycles. The molecule has 1 saturated heterocycles. The molecule has 1 aliphatic rings. The third-order valence-corrected chi connectivity index (χ3v) is 3.96. The first-order chi connectivity index (χ1) is 11.3. The quantitative estimate of drug-likeness (QED) is 0.623. The molecular formula is C18H26NO5+. The molecule has 0 N–H and O–H groups in total. The van der Waals surface area contributed by atoms with Crippen LogP contribution < -0.4 is 4.74 Å². The fourth-order valence-electron chi connectivity index (χ4n) is 2.67. The summed E-state index contributed by atoms with van der Waals surface area (Å²) >= 11 is 0. The van der Waals surface area contributed by atoms with Gasteiger partial charge >= 0.3 is 12.1 Å². The van der Waals surface area contributed by atoms with E-state index in [9.17, 15) is 9.59 Å². The standard InChI is InChI=1S/C18H26NO5/c1-18(2,3)24-17(21)19(11-5-6-12-19)13-23-15-9-7-14(8-10-15)16(20)22-4/h7-10H,5-6,11-13H2,1-4H3/q+1. The van der Waals surface area contributed by atoms with Crippen LogP contribution in [0, 0.1) is 0 Å². The molecule has 0 saturated carbocycles. The van der Waals surface area contributed by atoms with Crippen LogP contribution in [0.1, 0.15) is 44.0 Å². The molecule has 0 atom stereocenters. The lowest BCUT2D eigenvalue weighted by Gasteiger charge is -2.32. The molecule has 1 aromatic rings. The Bertz CT molecular complexity index is 582. The van der Waals surface area contributed by atoms with Crippen molar-refractivity contribution in [2.45, 2.75) is 39.2 Å². The van der Waals surface area contributed by atoms with E-state index < -0.39 is 11.6 Å². The van der Waals surface area contributed by atoms with Crippen molar-refractivity contribution in [1.82, 2.24) is 0 Å². The highest BCUT2D eigenvalue weighted by atomic mass is 16.6. The van der Waals surface area contributed by atoms with Gasteiger partial charge in [0.15, 0.2) is 0 Å². The van der Waals surface area contributed by atoms with Gasteiger partial charge in [-0.05, 0) is 45.0 Å². The Hall–Kier alpha value is -2.08. The van der Waals surface area contributed by atoms with E-state index in [1.165, 1.54) is 7.11 Å². The highest BCUT2D eigenvalue weighted by molar-refractivity contribution is 5.89.